The van der Waals surface area contributed by atoms with Crippen LogP contribution in [0.5, 0.6) is 0 Å². The summed E-state index contributed by atoms with van der Waals surface area (Å²) >= 11 is 0. The van der Waals surface area contributed by atoms with Gasteiger partial charge >= 0.3 is 5.97 Å². The van der Waals surface area contributed by atoms with Gasteiger partial charge in [0.2, 0.25) is 11.8 Å². The number of Topliss-reactive ketones (excluding diaryl/α,β-unsaturated/α-hetero) is 1. The number of benzene rings is 2. The van der Waals surface area contributed by atoms with Crippen LogP contribution in [-0.2, 0) is 9.53 Å². The Morgan fingerprint density at radius 3 is 2.18 bits per heavy atom. The maximum absolute atomic E-state index is 12.4. The number of carbonyl (C=O) groups excluding carboxylic acids is 2. The Morgan fingerprint density at radius 1 is 1.00 bits per heavy atom. The number of rotatable bonds is 6. The normalized spacial score (nSPS) is 12.0. The summed E-state index contributed by atoms with van der Waals surface area (Å²) in [5.74, 6) is -1.13. The summed E-state index contributed by atoms with van der Waals surface area (Å²) in [6, 6.07) is 16.1. The smallest absolute Gasteiger partial charge is 0.341 e. The number of carbonyl (C=O) groups is 2. The van der Waals surface area contributed by atoms with Crippen LogP contribution in [0.2, 0.25) is 0 Å². The lowest BCUT2D eigenvalue weighted by atomic mass is 10.1. The van der Waals surface area contributed by atoms with Gasteiger partial charge in [-0.3, -0.25) is 4.79 Å². The van der Waals surface area contributed by atoms with Crippen LogP contribution in [0.3, 0.4) is 0 Å². The average Bonchev–Trinajstić information content (AvgIpc) is 2.57. The molecule has 0 radical (unpaired) electrons. The number of ketones is 1. The predicted molar refractivity (Wildman–Crippen MR) is 82.2 cm³/mol. The summed E-state index contributed by atoms with van der Waals surface area (Å²) in [6.07, 6.45) is 0. The Morgan fingerprint density at radius 2 is 1.59 bits per heavy atom. The molecule has 2 rings (SSSR count). The Hall–Kier alpha value is -2.82. The Labute approximate surface area is 128 Å². The molecule has 112 valence electrons. The lowest BCUT2D eigenvalue weighted by Crippen LogP contribution is -2.30. The third-order valence-corrected chi connectivity index (χ3v) is 2.86. The van der Waals surface area contributed by atoms with Crippen LogP contribution in [0.25, 0.3) is 0 Å². The van der Waals surface area contributed by atoms with E-state index in [1.165, 1.54) is 0 Å². The van der Waals surface area contributed by atoms with Crippen LogP contribution in [0.4, 0.5) is 5.69 Å². The van der Waals surface area contributed by atoms with Gasteiger partial charge in [0.1, 0.15) is 0 Å². The van der Waals surface area contributed by atoms with Gasteiger partial charge in [0.15, 0.2) is 0 Å². The van der Waals surface area contributed by atoms with Crippen molar-refractivity contribution >= 4 is 17.4 Å². The molecule has 2 aromatic carbocycles. The molecule has 0 heterocycles. The standard InChI is InChI=1S/C17H16N2O3/c1-2-22-17(21)15(16(20)13-9-5-3-6-10-13)19-18-14-11-7-4-8-12-14/h3-12,15H,2H2,1H3/b19-18+. The predicted octanol–water partition coefficient (Wildman–Crippen LogP) is 3.58. The molecule has 0 N–H and O–H groups in total. The minimum Gasteiger partial charge on any atom is -0.464 e. The third-order valence-electron chi connectivity index (χ3n) is 2.86. The molecule has 1 unspecified atom stereocenters. The molecular formula is C17H16N2O3. The van der Waals surface area contributed by atoms with Gasteiger partial charge in [0.25, 0.3) is 0 Å². The van der Waals surface area contributed by atoms with Crippen molar-refractivity contribution in [2.45, 2.75) is 13.0 Å². The van der Waals surface area contributed by atoms with Gasteiger partial charge in [-0.05, 0) is 19.1 Å². The summed E-state index contributed by atoms with van der Waals surface area (Å²) in [5.41, 5.74) is 0.963. The molecule has 0 saturated heterocycles. The first kappa shape index (κ1) is 15.6. The second kappa shape index (κ2) is 7.83. The zero-order valence-corrected chi connectivity index (χ0v) is 12.2. The number of hydrogen-bond donors (Lipinski definition) is 0. The SMILES string of the molecule is CCOC(=O)C(/N=N/c1ccccc1)C(=O)c1ccccc1. The number of nitrogens with zero attached hydrogens (tertiary/aromatic N) is 2. The third kappa shape index (κ3) is 4.09. The molecule has 0 bridgehead atoms. The lowest BCUT2D eigenvalue weighted by molar-refractivity contribution is -0.143. The minimum absolute atomic E-state index is 0.179. The molecule has 0 aliphatic heterocycles. The molecule has 0 aliphatic carbocycles. The minimum atomic E-state index is -1.29. The molecule has 0 aromatic heterocycles. The fourth-order valence-electron chi connectivity index (χ4n) is 1.81. The Kier molecular flexibility index (Phi) is 5.54. The van der Waals surface area contributed by atoms with Gasteiger partial charge in [-0.15, -0.1) is 0 Å². The number of ether oxygens (including phenoxy) is 1. The van der Waals surface area contributed by atoms with E-state index in [2.05, 4.69) is 10.2 Å². The summed E-state index contributed by atoms with van der Waals surface area (Å²) in [6.45, 7) is 1.86. The molecule has 0 aliphatic rings. The van der Waals surface area contributed by atoms with Gasteiger partial charge in [0, 0.05) is 5.56 Å². The zero-order chi connectivity index (χ0) is 15.8. The van der Waals surface area contributed by atoms with Crippen molar-refractivity contribution in [1.29, 1.82) is 0 Å². The van der Waals surface area contributed by atoms with E-state index in [-0.39, 0.29) is 6.61 Å². The van der Waals surface area contributed by atoms with Crippen LogP contribution in [-0.4, -0.2) is 24.4 Å². The highest BCUT2D eigenvalue weighted by molar-refractivity contribution is 6.12. The first-order chi connectivity index (χ1) is 10.7. The topological polar surface area (TPSA) is 68.1 Å². The molecule has 5 heteroatoms. The summed E-state index contributed by atoms with van der Waals surface area (Å²) in [4.78, 5) is 24.4. The van der Waals surface area contributed by atoms with Gasteiger partial charge in [-0.2, -0.15) is 10.2 Å². The van der Waals surface area contributed by atoms with Crippen LogP contribution in [0.15, 0.2) is 70.9 Å². The van der Waals surface area contributed by atoms with Gasteiger partial charge in [0.05, 0.1) is 12.3 Å². The maximum Gasteiger partial charge on any atom is 0.341 e. The monoisotopic (exact) mass is 296 g/mol. The van der Waals surface area contributed by atoms with E-state index in [0.29, 0.717) is 11.3 Å². The number of esters is 1. The Balaban J connectivity index is 2.25. The molecule has 0 spiro atoms. The summed E-state index contributed by atoms with van der Waals surface area (Å²) in [7, 11) is 0. The molecule has 2 aromatic rings. The fourth-order valence-corrected chi connectivity index (χ4v) is 1.81. The maximum atomic E-state index is 12.4. The molecule has 22 heavy (non-hydrogen) atoms. The molecule has 5 nitrogen and oxygen atoms in total. The quantitative estimate of drug-likeness (QED) is 0.354. The lowest BCUT2D eigenvalue weighted by Gasteiger charge is -2.09. The first-order valence-electron chi connectivity index (χ1n) is 6.94. The number of azo groups is 1. The number of hydrogen-bond acceptors (Lipinski definition) is 5. The van der Waals surface area contributed by atoms with E-state index >= 15 is 0 Å². The van der Waals surface area contributed by atoms with Crippen molar-refractivity contribution in [2.24, 2.45) is 10.2 Å². The summed E-state index contributed by atoms with van der Waals surface area (Å²) < 4.78 is 4.92. The van der Waals surface area contributed by atoms with Crippen molar-refractivity contribution in [1.82, 2.24) is 0 Å². The van der Waals surface area contributed by atoms with E-state index in [9.17, 15) is 9.59 Å². The highest BCUT2D eigenvalue weighted by Crippen LogP contribution is 2.14. The van der Waals surface area contributed by atoms with E-state index < -0.39 is 17.8 Å². The first-order valence-corrected chi connectivity index (χ1v) is 6.94. The molecular weight excluding hydrogens is 280 g/mol. The highest BCUT2D eigenvalue weighted by atomic mass is 16.5. The van der Waals surface area contributed by atoms with Crippen molar-refractivity contribution in [3.05, 3.63) is 66.2 Å². The summed E-state index contributed by atoms with van der Waals surface area (Å²) in [5, 5.41) is 7.85. The highest BCUT2D eigenvalue weighted by Gasteiger charge is 2.29. The van der Waals surface area contributed by atoms with E-state index in [1.54, 1.807) is 61.5 Å². The van der Waals surface area contributed by atoms with Crippen molar-refractivity contribution in [3.8, 4) is 0 Å². The van der Waals surface area contributed by atoms with Gasteiger partial charge in [-0.25, -0.2) is 4.79 Å². The van der Waals surface area contributed by atoms with E-state index in [1.807, 2.05) is 6.07 Å². The molecule has 0 fully saturated rings. The van der Waals surface area contributed by atoms with E-state index in [0.717, 1.165) is 0 Å². The van der Waals surface area contributed by atoms with Crippen LogP contribution >= 0.6 is 0 Å². The molecule has 0 amide bonds. The largest absolute Gasteiger partial charge is 0.464 e. The van der Waals surface area contributed by atoms with Crippen LogP contribution in [0, 0.1) is 0 Å². The van der Waals surface area contributed by atoms with Crippen molar-refractivity contribution < 1.29 is 14.3 Å². The van der Waals surface area contributed by atoms with Crippen molar-refractivity contribution in [2.75, 3.05) is 6.61 Å². The second-order valence-electron chi connectivity index (χ2n) is 4.44. The van der Waals surface area contributed by atoms with Crippen LogP contribution < -0.4 is 0 Å². The fraction of sp³-hybridized carbons (Fsp3) is 0.176. The second-order valence-corrected chi connectivity index (χ2v) is 4.44. The van der Waals surface area contributed by atoms with Gasteiger partial charge in [-0.1, -0.05) is 48.5 Å². The molecule has 0 saturated carbocycles. The average molecular weight is 296 g/mol. The van der Waals surface area contributed by atoms with Crippen molar-refractivity contribution in [3.63, 3.8) is 0 Å². The van der Waals surface area contributed by atoms with Crippen LogP contribution in [0.1, 0.15) is 17.3 Å². The van der Waals surface area contributed by atoms with E-state index in [4.69, 9.17) is 4.74 Å². The van der Waals surface area contributed by atoms with Gasteiger partial charge < -0.3 is 4.74 Å². The molecule has 1 atom stereocenters. The zero-order valence-electron chi connectivity index (χ0n) is 12.2. The Bertz CT molecular complexity index is 654.